The second-order valence-corrected chi connectivity index (χ2v) is 5.95. The minimum Gasteiger partial charge on any atom is -0.370 e. The predicted molar refractivity (Wildman–Crippen MR) is 78.0 cm³/mol. The van der Waals surface area contributed by atoms with Gasteiger partial charge in [0.25, 0.3) is 0 Å². The van der Waals surface area contributed by atoms with Crippen molar-refractivity contribution in [1.29, 1.82) is 0 Å². The highest BCUT2D eigenvalue weighted by atomic mass is 32.2. The van der Waals surface area contributed by atoms with E-state index in [9.17, 15) is 0 Å². The molecule has 1 unspecified atom stereocenters. The van der Waals surface area contributed by atoms with Gasteiger partial charge in [0.1, 0.15) is 0 Å². The molecule has 1 fully saturated rings. The maximum atomic E-state index is 3.18. The third-order valence-corrected chi connectivity index (χ3v) is 4.65. The molecule has 0 radical (unpaired) electrons. The molecule has 0 saturated carbocycles. The van der Waals surface area contributed by atoms with Gasteiger partial charge < -0.3 is 10.2 Å². The van der Waals surface area contributed by atoms with Gasteiger partial charge in [0, 0.05) is 36.3 Å². The standard InChI is InChI=1S/C14H22N2S/c1-3-14-11-16(8-9-17-14)13-6-4-12(5-7-13)10-15-2/h4-7,14-15H,3,8-11H2,1-2H3. The minimum absolute atomic E-state index is 0.806. The molecule has 17 heavy (non-hydrogen) atoms. The van der Waals surface area contributed by atoms with Crippen LogP contribution in [0, 0.1) is 0 Å². The summed E-state index contributed by atoms with van der Waals surface area (Å²) in [4.78, 5) is 2.52. The van der Waals surface area contributed by atoms with E-state index in [4.69, 9.17) is 0 Å². The Morgan fingerprint density at radius 2 is 2.12 bits per heavy atom. The molecule has 0 aliphatic carbocycles. The first-order valence-electron chi connectivity index (χ1n) is 6.43. The van der Waals surface area contributed by atoms with Gasteiger partial charge >= 0.3 is 0 Å². The molecule has 0 aromatic heterocycles. The Balaban J connectivity index is 2.01. The van der Waals surface area contributed by atoms with Gasteiger partial charge in [-0.15, -0.1) is 0 Å². The molecular weight excluding hydrogens is 228 g/mol. The van der Waals surface area contributed by atoms with Crippen molar-refractivity contribution in [1.82, 2.24) is 5.32 Å². The van der Waals surface area contributed by atoms with E-state index in [0.717, 1.165) is 11.8 Å². The third-order valence-electron chi connectivity index (χ3n) is 3.28. The molecule has 1 atom stereocenters. The van der Waals surface area contributed by atoms with Gasteiger partial charge in [-0.25, -0.2) is 0 Å². The maximum Gasteiger partial charge on any atom is 0.0367 e. The highest BCUT2D eigenvalue weighted by Crippen LogP contribution is 2.25. The number of anilines is 1. The Hall–Kier alpha value is -0.670. The molecule has 94 valence electrons. The van der Waals surface area contributed by atoms with Crippen molar-refractivity contribution in [3.05, 3.63) is 29.8 Å². The summed E-state index contributed by atoms with van der Waals surface area (Å²) in [5, 5.41) is 3.99. The molecule has 1 N–H and O–H groups in total. The van der Waals surface area contributed by atoms with Crippen LogP contribution in [0.25, 0.3) is 0 Å². The van der Waals surface area contributed by atoms with Crippen molar-refractivity contribution >= 4 is 17.4 Å². The van der Waals surface area contributed by atoms with Crippen LogP contribution in [-0.4, -0.2) is 31.1 Å². The molecule has 1 saturated heterocycles. The summed E-state index contributed by atoms with van der Waals surface area (Å²) in [6.45, 7) is 5.63. The number of benzene rings is 1. The number of nitrogens with one attached hydrogen (secondary N) is 1. The first kappa shape index (κ1) is 12.8. The second-order valence-electron chi connectivity index (χ2n) is 4.54. The van der Waals surface area contributed by atoms with Gasteiger partial charge in [-0.05, 0) is 31.2 Å². The average molecular weight is 250 g/mol. The number of hydrogen-bond donors (Lipinski definition) is 1. The minimum atomic E-state index is 0.806. The van der Waals surface area contributed by atoms with Crippen LogP contribution in [0.4, 0.5) is 5.69 Å². The quantitative estimate of drug-likeness (QED) is 0.884. The first-order valence-corrected chi connectivity index (χ1v) is 7.48. The monoisotopic (exact) mass is 250 g/mol. The van der Waals surface area contributed by atoms with E-state index in [1.165, 1.54) is 36.5 Å². The molecule has 1 aromatic carbocycles. The molecule has 1 aliphatic rings. The SMILES string of the molecule is CCC1CN(c2ccc(CNC)cc2)CCS1. The van der Waals surface area contributed by atoms with Crippen LogP contribution in [0.3, 0.4) is 0 Å². The van der Waals surface area contributed by atoms with Crippen LogP contribution in [0.5, 0.6) is 0 Å². The van der Waals surface area contributed by atoms with Crippen LogP contribution in [0.2, 0.25) is 0 Å². The number of nitrogens with zero attached hydrogens (tertiary/aromatic N) is 1. The lowest BCUT2D eigenvalue weighted by Gasteiger charge is -2.33. The smallest absolute Gasteiger partial charge is 0.0367 e. The number of rotatable bonds is 4. The highest BCUT2D eigenvalue weighted by molar-refractivity contribution is 8.00. The highest BCUT2D eigenvalue weighted by Gasteiger charge is 2.18. The lowest BCUT2D eigenvalue weighted by atomic mass is 10.2. The largest absolute Gasteiger partial charge is 0.370 e. The van der Waals surface area contributed by atoms with Gasteiger partial charge in [0.15, 0.2) is 0 Å². The lowest BCUT2D eigenvalue weighted by Crippen LogP contribution is -2.37. The second kappa shape index (κ2) is 6.31. The van der Waals surface area contributed by atoms with Gasteiger partial charge in [0.05, 0.1) is 0 Å². The summed E-state index contributed by atoms with van der Waals surface area (Å²) >= 11 is 2.12. The molecule has 1 heterocycles. The van der Waals surface area contributed by atoms with E-state index in [2.05, 4.69) is 53.2 Å². The molecule has 0 amide bonds. The Bertz CT molecular complexity index is 337. The van der Waals surface area contributed by atoms with Crippen LogP contribution >= 0.6 is 11.8 Å². The summed E-state index contributed by atoms with van der Waals surface area (Å²) < 4.78 is 0. The molecule has 2 rings (SSSR count). The van der Waals surface area contributed by atoms with E-state index in [0.29, 0.717) is 0 Å². The van der Waals surface area contributed by atoms with Crippen molar-refractivity contribution in [2.24, 2.45) is 0 Å². The van der Waals surface area contributed by atoms with Crippen LogP contribution in [-0.2, 0) is 6.54 Å². The summed E-state index contributed by atoms with van der Waals surface area (Å²) in [6.07, 6.45) is 1.28. The van der Waals surface area contributed by atoms with E-state index >= 15 is 0 Å². The molecule has 1 aromatic rings. The molecule has 1 aliphatic heterocycles. The molecule has 0 bridgehead atoms. The van der Waals surface area contributed by atoms with Gasteiger partial charge in [-0.3, -0.25) is 0 Å². The zero-order valence-corrected chi connectivity index (χ0v) is 11.6. The normalized spacial score (nSPS) is 20.6. The summed E-state index contributed by atoms with van der Waals surface area (Å²) in [5.41, 5.74) is 2.73. The van der Waals surface area contributed by atoms with Crippen molar-refractivity contribution in [3.63, 3.8) is 0 Å². The van der Waals surface area contributed by atoms with E-state index in [1.54, 1.807) is 0 Å². The van der Waals surface area contributed by atoms with Crippen molar-refractivity contribution < 1.29 is 0 Å². The molecule has 2 nitrogen and oxygen atoms in total. The zero-order chi connectivity index (χ0) is 12.1. The van der Waals surface area contributed by atoms with Gasteiger partial charge in [-0.1, -0.05) is 19.1 Å². The summed E-state index contributed by atoms with van der Waals surface area (Å²) in [5.74, 6) is 1.26. The van der Waals surface area contributed by atoms with E-state index < -0.39 is 0 Å². The van der Waals surface area contributed by atoms with Crippen LogP contribution < -0.4 is 10.2 Å². The number of thioether (sulfide) groups is 1. The van der Waals surface area contributed by atoms with Crippen molar-refractivity contribution in [2.75, 3.05) is 30.8 Å². The fourth-order valence-electron chi connectivity index (χ4n) is 2.23. The van der Waals surface area contributed by atoms with Crippen LogP contribution in [0.15, 0.2) is 24.3 Å². The summed E-state index contributed by atoms with van der Waals surface area (Å²) in [6, 6.07) is 8.98. The van der Waals surface area contributed by atoms with Crippen LogP contribution in [0.1, 0.15) is 18.9 Å². The van der Waals surface area contributed by atoms with E-state index in [1.807, 2.05) is 7.05 Å². The zero-order valence-electron chi connectivity index (χ0n) is 10.8. The Kier molecular flexibility index (Phi) is 4.75. The molecular formula is C14H22N2S. The topological polar surface area (TPSA) is 15.3 Å². The Morgan fingerprint density at radius 1 is 1.35 bits per heavy atom. The lowest BCUT2D eigenvalue weighted by molar-refractivity contribution is 0.728. The Morgan fingerprint density at radius 3 is 2.76 bits per heavy atom. The maximum absolute atomic E-state index is 3.18. The third kappa shape index (κ3) is 3.39. The average Bonchev–Trinajstić information content (AvgIpc) is 2.40. The van der Waals surface area contributed by atoms with Crippen molar-refractivity contribution in [3.8, 4) is 0 Å². The fraction of sp³-hybridized carbons (Fsp3) is 0.571. The first-order chi connectivity index (χ1) is 8.33. The number of hydrogen-bond acceptors (Lipinski definition) is 3. The van der Waals surface area contributed by atoms with E-state index in [-0.39, 0.29) is 0 Å². The molecule has 0 spiro atoms. The predicted octanol–water partition coefficient (Wildman–Crippen LogP) is 2.74. The molecule has 3 heteroatoms. The van der Waals surface area contributed by atoms with Gasteiger partial charge in [-0.2, -0.15) is 11.8 Å². The summed E-state index contributed by atoms with van der Waals surface area (Å²) in [7, 11) is 1.99. The Labute approximate surface area is 109 Å². The van der Waals surface area contributed by atoms with Crippen molar-refractivity contribution in [2.45, 2.75) is 25.1 Å². The van der Waals surface area contributed by atoms with Gasteiger partial charge in [0.2, 0.25) is 0 Å². The fourth-order valence-corrected chi connectivity index (χ4v) is 3.41.